The second-order valence-corrected chi connectivity index (χ2v) is 5.45. The molecule has 2 nitrogen and oxygen atoms in total. The monoisotopic (exact) mass is 354 g/mol. The summed E-state index contributed by atoms with van der Waals surface area (Å²) in [6.07, 6.45) is 0. The van der Waals surface area contributed by atoms with Crippen molar-refractivity contribution < 1.29 is 9.47 Å². The average Bonchev–Trinajstić information content (AvgIpc) is 2.48. The van der Waals surface area contributed by atoms with E-state index in [1.165, 1.54) is 0 Å². The summed E-state index contributed by atoms with van der Waals surface area (Å²) in [7, 11) is 0. The molecule has 20 heavy (non-hydrogen) atoms. The second-order valence-electron chi connectivity index (χ2n) is 4.26. The molecule has 106 valence electrons. The average molecular weight is 356 g/mol. The van der Waals surface area contributed by atoms with Crippen molar-refractivity contribution in [3.8, 4) is 11.5 Å². The number of rotatable bonds is 6. The van der Waals surface area contributed by atoms with Gasteiger partial charge in [0.25, 0.3) is 0 Å². The van der Waals surface area contributed by atoms with Crippen molar-refractivity contribution in [1.82, 2.24) is 0 Å². The maximum atomic E-state index is 5.84. The summed E-state index contributed by atoms with van der Waals surface area (Å²) >= 11 is 9.25. The molecule has 2 rings (SSSR count). The largest absolute Gasteiger partial charge is 0.490 e. The molecule has 0 fully saturated rings. The molecule has 0 amide bonds. The standard InChI is InChI=1S/C16H16BrClO2/c1-2-19-16-9-13(10-18)5-8-15(16)20-11-12-3-6-14(17)7-4-12/h3-9H,2,10-11H2,1H3. The van der Waals surface area contributed by atoms with Crippen molar-refractivity contribution in [2.45, 2.75) is 19.4 Å². The summed E-state index contributed by atoms with van der Waals surface area (Å²) in [5.41, 5.74) is 2.13. The van der Waals surface area contributed by atoms with Gasteiger partial charge in [-0.1, -0.05) is 34.1 Å². The van der Waals surface area contributed by atoms with Gasteiger partial charge < -0.3 is 9.47 Å². The lowest BCUT2D eigenvalue weighted by Gasteiger charge is -2.13. The molecule has 0 saturated carbocycles. The van der Waals surface area contributed by atoms with Crippen LogP contribution in [-0.4, -0.2) is 6.61 Å². The third-order valence-electron chi connectivity index (χ3n) is 2.77. The van der Waals surface area contributed by atoms with Crippen LogP contribution in [0.2, 0.25) is 0 Å². The van der Waals surface area contributed by atoms with E-state index in [1.807, 2.05) is 49.4 Å². The highest BCUT2D eigenvalue weighted by Gasteiger charge is 2.06. The molecule has 0 bridgehead atoms. The first kappa shape index (κ1) is 15.2. The zero-order chi connectivity index (χ0) is 14.4. The highest BCUT2D eigenvalue weighted by Crippen LogP contribution is 2.29. The van der Waals surface area contributed by atoms with Gasteiger partial charge in [0.2, 0.25) is 0 Å². The van der Waals surface area contributed by atoms with Gasteiger partial charge in [0.15, 0.2) is 11.5 Å². The van der Waals surface area contributed by atoms with E-state index in [4.69, 9.17) is 21.1 Å². The summed E-state index contributed by atoms with van der Waals surface area (Å²) in [4.78, 5) is 0. The molecule has 0 unspecified atom stereocenters. The van der Waals surface area contributed by atoms with Crippen molar-refractivity contribution in [3.63, 3.8) is 0 Å². The minimum absolute atomic E-state index is 0.465. The Balaban J connectivity index is 2.09. The van der Waals surface area contributed by atoms with Gasteiger partial charge in [0, 0.05) is 10.4 Å². The Bertz CT molecular complexity index is 555. The quantitative estimate of drug-likeness (QED) is 0.666. The van der Waals surface area contributed by atoms with Crippen LogP contribution >= 0.6 is 27.5 Å². The maximum Gasteiger partial charge on any atom is 0.161 e. The second kappa shape index (κ2) is 7.55. The normalized spacial score (nSPS) is 10.3. The number of ether oxygens (including phenoxy) is 2. The summed E-state index contributed by atoms with van der Waals surface area (Å²) in [6, 6.07) is 13.8. The molecule has 0 aliphatic heterocycles. The first-order valence-electron chi connectivity index (χ1n) is 6.42. The van der Waals surface area contributed by atoms with Crippen molar-refractivity contribution in [2.24, 2.45) is 0 Å². The van der Waals surface area contributed by atoms with Gasteiger partial charge in [-0.3, -0.25) is 0 Å². The number of hydrogen-bond acceptors (Lipinski definition) is 2. The fourth-order valence-electron chi connectivity index (χ4n) is 1.76. The smallest absolute Gasteiger partial charge is 0.161 e. The van der Waals surface area contributed by atoms with Crippen LogP contribution in [0.5, 0.6) is 11.5 Å². The minimum Gasteiger partial charge on any atom is -0.490 e. The lowest BCUT2D eigenvalue weighted by molar-refractivity contribution is 0.269. The highest BCUT2D eigenvalue weighted by molar-refractivity contribution is 9.10. The molecule has 4 heteroatoms. The molecular weight excluding hydrogens is 340 g/mol. The van der Waals surface area contributed by atoms with Crippen LogP contribution in [0.25, 0.3) is 0 Å². The maximum absolute atomic E-state index is 5.84. The van der Waals surface area contributed by atoms with Crippen molar-refractivity contribution >= 4 is 27.5 Å². The summed E-state index contributed by atoms with van der Waals surface area (Å²) in [5.74, 6) is 1.94. The summed E-state index contributed by atoms with van der Waals surface area (Å²) < 4.78 is 12.5. The topological polar surface area (TPSA) is 18.5 Å². The Morgan fingerprint density at radius 3 is 2.30 bits per heavy atom. The molecule has 0 N–H and O–H groups in total. The molecule has 0 aliphatic carbocycles. The van der Waals surface area contributed by atoms with E-state index in [9.17, 15) is 0 Å². The van der Waals surface area contributed by atoms with Crippen LogP contribution < -0.4 is 9.47 Å². The van der Waals surface area contributed by atoms with E-state index < -0.39 is 0 Å². The molecule has 0 radical (unpaired) electrons. The van der Waals surface area contributed by atoms with Crippen LogP contribution in [0, 0.1) is 0 Å². The van der Waals surface area contributed by atoms with Gasteiger partial charge in [0.1, 0.15) is 6.61 Å². The van der Waals surface area contributed by atoms with E-state index >= 15 is 0 Å². The van der Waals surface area contributed by atoms with E-state index in [2.05, 4.69) is 15.9 Å². The van der Waals surface area contributed by atoms with Crippen LogP contribution in [0.15, 0.2) is 46.9 Å². The molecular formula is C16H16BrClO2. The Kier molecular flexibility index (Phi) is 5.74. The molecule has 0 aromatic heterocycles. The first-order chi connectivity index (χ1) is 9.72. The van der Waals surface area contributed by atoms with Crippen LogP contribution in [0.4, 0.5) is 0 Å². The van der Waals surface area contributed by atoms with Gasteiger partial charge in [-0.25, -0.2) is 0 Å². The van der Waals surface area contributed by atoms with Gasteiger partial charge in [-0.2, -0.15) is 0 Å². The molecule has 0 atom stereocenters. The van der Waals surface area contributed by atoms with Crippen molar-refractivity contribution in [2.75, 3.05) is 6.61 Å². The fraction of sp³-hybridized carbons (Fsp3) is 0.250. The van der Waals surface area contributed by atoms with E-state index in [-0.39, 0.29) is 0 Å². The fourth-order valence-corrected chi connectivity index (χ4v) is 2.20. The lowest BCUT2D eigenvalue weighted by Crippen LogP contribution is -2.00. The van der Waals surface area contributed by atoms with Gasteiger partial charge in [-0.15, -0.1) is 11.6 Å². The van der Waals surface area contributed by atoms with E-state index in [1.54, 1.807) is 0 Å². The third kappa shape index (κ3) is 4.15. The van der Waals surface area contributed by atoms with Crippen LogP contribution in [0.1, 0.15) is 18.1 Å². The zero-order valence-electron chi connectivity index (χ0n) is 11.2. The van der Waals surface area contributed by atoms with Gasteiger partial charge >= 0.3 is 0 Å². The molecule has 0 aliphatic rings. The highest BCUT2D eigenvalue weighted by atomic mass is 79.9. The first-order valence-corrected chi connectivity index (χ1v) is 7.74. The molecule has 2 aromatic rings. The van der Waals surface area contributed by atoms with Crippen LogP contribution in [0.3, 0.4) is 0 Å². The van der Waals surface area contributed by atoms with Crippen molar-refractivity contribution in [1.29, 1.82) is 0 Å². The SMILES string of the molecule is CCOc1cc(CCl)ccc1OCc1ccc(Br)cc1. The number of halogens is 2. The lowest BCUT2D eigenvalue weighted by atomic mass is 10.2. The number of alkyl halides is 1. The Morgan fingerprint density at radius 2 is 1.65 bits per heavy atom. The number of benzene rings is 2. The minimum atomic E-state index is 0.465. The Labute approximate surface area is 132 Å². The Hall–Kier alpha value is -1.19. The molecule has 0 spiro atoms. The van der Waals surface area contributed by atoms with Crippen molar-refractivity contribution in [3.05, 3.63) is 58.1 Å². The Morgan fingerprint density at radius 1 is 0.950 bits per heavy atom. The van der Waals surface area contributed by atoms with Gasteiger partial charge in [0.05, 0.1) is 6.61 Å². The zero-order valence-corrected chi connectivity index (χ0v) is 13.6. The predicted molar refractivity (Wildman–Crippen MR) is 85.6 cm³/mol. The van der Waals surface area contributed by atoms with Crippen LogP contribution in [-0.2, 0) is 12.5 Å². The summed E-state index contributed by atoms with van der Waals surface area (Å²) in [6.45, 7) is 3.06. The molecule has 0 heterocycles. The molecule has 0 saturated heterocycles. The van der Waals surface area contributed by atoms with E-state index in [0.29, 0.717) is 19.1 Å². The van der Waals surface area contributed by atoms with E-state index in [0.717, 1.165) is 27.1 Å². The molecule has 2 aromatic carbocycles. The predicted octanol–water partition coefficient (Wildman–Crippen LogP) is 5.17. The third-order valence-corrected chi connectivity index (χ3v) is 3.61. The number of hydrogen-bond donors (Lipinski definition) is 0. The van der Waals surface area contributed by atoms with Gasteiger partial charge in [-0.05, 0) is 42.3 Å². The summed E-state index contributed by atoms with van der Waals surface area (Å²) in [5, 5.41) is 0.